The summed E-state index contributed by atoms with van der Waals surface area (Å²) in [6, 6.07) is 2.10. The van der Waals surface area contributed by atoms with E-state index in [1.807, 2.05) is 18.7 Å². The van der Waals surface area contributed by atoms with E-state index in [-0.39, 0.29) is 0 Å². The van der Waals surface area contributed by atoms with Crippen LogP contribution in [0.2, 0.25) is 0 Å². The molecule has 2 rings (SSSR count). The summed E-state index contributed by atoms with van der Waals surface area (Å²) in [6.07, 6.45) is 1.77. The molecule has 0 amide bonds. The molecule has 0 spiro atoms. The first-order chi connectivity index (χ1) is 9.17. The van der Waals surface area contributed by atoms with E-state index in [9.17, 15) is 0 Å². The van der Waals surface area contributed by atoms with Crippen LogP contribution in [0.5, 0.6) is 0 Å². The van der Waals surface area contributed by atoms with Crippen LogP contribution < -0.4 is 5.32 Å². The maximum absolute atomic E-state index is 5.71. The highest BCUT2D eigenvalue weighted by Crippen LogP contribution is 2.16. The molecule has 5 heteroatoms. The molecule has 0 aliphatic rings. The Hall–Kier alpha value is -1.62. The van der Waals surface area contributed by atoms with Gasteiger partial charge in [0.05, 0.1) is 13.1 Å². The van der Waals surface area contributed by atoms with Crippen molar-refractivity contribution in [1.82, 2.24) is 20.1 Å². The normalized spacial score (nSPS) is 11.2. The maximum atomic E-state index is 5.71. The molecule has 0 saturated heterocycles. The fraction of sp³-hybridized carbons (Fsp3) is 0.571. The number of rotatable bonds is 6. The van der Waals surface area contributed by atoms with Crippen molar-refractivity contribution < 1.29 is 4.42 Å². The Morgan fingerprint density at radius 3 is 2.74 bits per heavy atom. The van der Waals surface area contributed by atoms with Crippen molar-refractivity contribution >= 4 is 0 Å². The molecule has 0 fully saturated rings. The van der Waals surface area contributed by atoms with E-state index in [4.69, 9.17) is 4.42 Å². The molecule has 5 nitrogen and oxygen atoms in total. The van der Waals surface area contributed by atoms with E-state index in [2.05, 4.69) is 35.3 Å². The van der Waals surface area contributed by atoms with E-state index >= 15 is 0 Å². The molecule has 19 heavy (non-hydrogen) atoms. The fourth-order valence-corrected chi connectivity index (χ4v) is 2.13. The third kappa shape index (κ3) is 3.04. The molecule has 0 aliphatic carbocycles. The predicted molar refractivity (Wildman–Crippen MR) is 74.1 cm³/mol. The number of aryl methyl sites for hydroxylation is 3. The van der Waals surface area contributed by atoms with Gasteiger partial charge >= 0.3 is 0 Å². The van der Waals surface area contributed by atoms with Gasteiger partial charge in [0.15, 0.2) is 5.82 Å². The minimum Gasteiger partial charge on any atom is -0.465 e. The van der Waals surface area contributed by atoms with Crippen molar-refractivity contribution in [2.24, 2.45) is 0 Å². The summed E-state index contributed by atoms with van der Waals surface area (Å²) in [7, 11) is 1.91. The lowest BCUT2D eigenvalue weighted by molar-refractivity contribution is 0.467. The number of hydrogen-bond donors (Lipinski definition) is 1. The molecule has 1 N–H and O–H groups in total. The number of nitrogens with one attached hydrogen (secondary N) is 1. The van der Waals surface area contributed by atoms with Gasteiger partial charge in [0, 0.05) is 18.4 Å². The van der Waals surface area contributed by atoms with Gasteiger partial charge in [0.2, 0.25) is 0 Å². The van der Waals surface area contributed by atoms with Gasteiger partial charge in [-0.25, -0.2) is 9.67 Å². The fourth-order valence-electron chi connectivity index (χ4n) is 2.13. The summed E-state index contributed by atoms with van der Waals surface area (Å²) < 4.78 is 7.70. The van der Waals surface area contributed by atoms with Gasteiger partial charge in [-0.3, -0.25) is 0 Å². The molecule has 2 heterocycles. The monoisotopic (exact) mass is 262 g/mol. The van der Waals surface area contributed by atoms with Gasteiger partial charge in [0.1, 0.15) is 17.3 Å². The zero-order valence-electron chi connectivity index (χ0n) is 12.2. The Bertz CT molecular complexity index is 542. The highest BCUT2D eigenvalue weighted by atomic mass is 16.3. The molecule has 2 aromatic rings. The largest absolute Gasteiger partial charge is 0.465 e. The Morgan fingerprint density at radius 2 is 2.11 bits per heavy atom. The highest BCUT2D eigenvalue weighted by Gasteiger charge is 2.12. The minimum atomic E-state index is 0.731. The Morgan fingerprint density at radius 1 is 1.32 bits per heavy atom. The average molecular weight is 262 g/mol. The zero-order valence-corrected chi connectivity index (χ0v) is 12.2. The molecule has 0 radical (unpaired) electrons. The van der Waals surface area contributed by atoms with E-state index in [1.165, 1.54) is 5.56 Å². The zero-order chi connectivity index (χ0) is 13.8. The molecule has 104 valence electrons. The third-order valence-corrected chi connectivity index (χ3v) is 3.17. The van der Waals surface area contributed by atoms with Crippen LogP contribution >= 0.6 is 0 Å². The quantitative estimate of drug-likeness (QED) is 0.866. The SMILES string of the molecule is CCc1nc(CC)n(Cc2cc(CNC)oc2C)n1. The van der Waals surface area contributed by atoms with E-state index < -0.39 is 0 Å². The van der Waals surface area contributed by atoms with Crippen molar-refractivity contribution in [1.29, 1.82) is 0 Å². The number of aromatic nitrogens is 3. The smallest absolute Gasteiger partial charge is 0.150 e. The summed E-state index contributed by atoms with van der Waals surface area (Å²) in [4.78, 5) is 4.53. The maximum Gasteiger partial charge on any atom is 0.150 e. The second kappa shape index (κ2) is 6.02. The van der Waals surface area contributed by atoms with Gasteiger partial charge in [0.25, 0.3) is 0 Å². The molecule has 0 saturated carbocycles. The van der Waals surface area contributed by atoms with Crippen LogP contribution in [0.25, 0.3) is 0 Å². The summed E-state index contributed by atoms with van der Waals surface area (Å²) in [5.41, 5.74) is 1.17. The predicted octanol–water partition coefficient (Wildman–Crippen LogP) is 2.07. The number of hydrogen-bond acceptors (Lipinski definition) is 4. The van der Waals surface area contributed by atoms with Gasteiger partial charge in [-0.15, -0.1) is 0 Å². The Balaban J connectivity index is 2.22. The van der Waals surface area contributed by atoms with Crippen LogP contribution in [0, 0.1) is 6.92 Å². The van der Waals surface area contributed by atoms with Gasteiger partial charge < -0.3 is 9.73 Å². The molecular formula is C14H22N4O. The lowest BCUT2D eigenvalue weighted by Gasteiger charge is -2.02. The topological polar surface area (TPSA) is 55.9 Å². The van der Waals surface area contributed by atoms with Crippen molar-refractivity contribution in [3.63, 3.8) is 0 Å². The highest BCUT2D eigenvalue weighted by molar-refractivity contribution is 5.21. The summed E-state index contributed by atoms with van der Waals surface area (Å²) in [5, 5.41) is 7.64. The Kier molecular flexibility index (Phi) is 4.37. The van der Waals surface area contributed by atoms with Crippen LogP contribution in [0.15, 0.2) is 10.5 Å². The first-order valence-corrected chi connectivity index (χ1v) is 6.83. The standard InChI is InChI=1S/C14H22N4O/c1-5-13-16-14(6-2)18(17-13)9-11-7-12(8-15-4)19-10(11)3/h7,15H,5-6,8-9H2,1-4H3. The van der Waals surface area contributed by atoms with E-state index in [0.717, 1.165) is 49.1 Å². The van der Waals surface area contributed by atoms with Gasteiger partial charge in [-0.2, -0.15) is 5.10 Å². The van der Waals surface area contributed by atoms with Crippen LogP contribution in [0.4, 0.5) is 0 Å². The van der Waals surface area contributed by atoms with Gasteiger partial charge in [-0.05, 0) is 20.0 Å². The first-order valence-electron chi connectivity index (χ1n) is 6.83. The van der Waals surface area contributed by atoms with Crippen LogP contribution in [0.1, 0.15) is 42.6 Å². The summed E-state index contributed by atoms with van der Waals surface area (Å²) >= 11 is 0. The van der Waals surface area contributed by atoms with Crippen LogP contribution in [0.3, 0.4) is 0 Å². The van der Waals surface area contributed by atoms with E-state index in [0.29, 0.717) is 0 Å². The second-order valence-electron chi connectivity index (χ2n) is 4.63. The number of nitrogens with zero attached hydrogens (tertiary/aromatic N) is 3. The molecular weight excluding hydrogens is 240 g/mol. The lowest BCUT2D eigenvalue weighted by Crippen LogP contribution is -2.07. The first kappa shape index (κ1) is 13.8. The molecule has 2 aromatic heterocycles. The average Bonchev–Trinajstić information content (AvgIpc) is 2.94. The van der Waals surface area contributed by atoms with Gasteiger partial charge in [-0.1, -0.05) is 13.8 Å². The van der Waals surface area contributed by atoms with Crippen molar-refractivity contribution in [3.8, 4) is 0 Å². The van der Waals surface area contributed by atoms with Crippen LogP contribution in [-0.4, -0.2) is 21.8 Å². The molecule has 0 aromatic carbocycles. The van der Waals surface area contributed by atoms with Crippen molar-refractivity contribution in [3.05, 3.63) is 34.8 Å². The van der Waals surface area contributed by atoms with Crippen molar-refractivity contribution in [2.75, 3.05) is 7.05 Å². The lowest BCUT2D eigenvalue weighted by atomic mass is 10.2. The Labute approximate surface area is 114 Å². The molecule has 0 aliphatic heterocycles. The van der Waals surface area contributed by atoms with Crippen LogP contribution in [-0.2, 0) is 25.9 Å². The summed E-state index contributed by atoms with van der Waals surface area (Å²) in [6.45, 7) is 7.66. The third-order valence-electron chi connectivity index (χ3n) is 3.17. The second-order valence-corrected chi connectivity index (χ2v) is 4.63. The molecule has 0 bridgehead atoms. The summed E-state index contributed by atoms with van der Waals surface area (Å²) in [5.74, 6) is 3.87. The molecule has 0 atom stereocenters. The molecule has 0 unspecified atom stereocenters. The number of furan rings is 1. The minimum absolute atomic E-state index is 0.731. The van der Waals surface area contributed by atoms with Crippen molar-refractivity contribution in [2.45, 2.75) is 46.7 Å². The van der Waals surface area contributed by atoms with E-state index in [1.54, 1.807) is 0 Å².